The van der Waals surface area contributed by atoms with E-state index in [1.54, 1.807) is 6.92 Å². The molecule has 1 aromatic carbocycles. The van der Waals surface area contributed by atoms with Crippen LogP contribution in [0, 0.1) is 0 Å². The van der Waals surface area contributed by atoms with Crippen molar-refractivity contribution >= 4 is 5.69 Å². The summed E-state index contributed by atoms with van der Waals surface area (Å²) in [5.74, 6) is 0. The van der Waals surface area contributed by atoms with Crippen LogP contribution in [0.1, 0.15) is 49.9 Å². The van der Waals surface area contributed by atoms with E-state index >= 15 is 0 Å². The lowest BCUT2D eigenvalue weighted by Crippen LogP contribution is -2.34. The second-order valence-corrected chi connectivity index (χ2v) is 8.11. The zero-order chi connectivity index (χ0) is 18.6. The van der Waals surface area contributed by atoms with E-state index < -0.39 is 0 Å². The molecule has 3 heterocycles. The Labute approximate surface area is 161 Å². The fraction of sp³-hybridized carbons (Fsp3) is 0.619. The van der Waals surface area contributed by atoms with Crippen LogP contribution in [0.5, 0.6) is 0 Å². The molecule has 0 unspecified atom stereocenters. The molecule has 2 aliphatic heterocycles. The van der Waals surface area contributed by atoms with Gasteiger partial charge in [-0.2, -0.15) is 0 Å². The van der Waals surface area contributed by atoms with Gasteiger partial charge in [0.15, 0.2) is 0 Å². The van der Waals surface area contributed by atoms with E-state index in [0.717, 1.165) is 38.2 Å². The second kappa shape index (κ2) is 8.40. The smallest absolute Gasteiger partial charge is 0.0852 e. The van der Waals surface area contributed by atoms with Crippen molar-refractivity contribution in [2.75, 3.05) is 31.1 Å². The van der Waals surface area contributed by atoms with Crippen molar-refractivity contribution in [2.24, 2.45) is 0 Å². The Morgan fingerprint density at radius 1 is 1.07 bits per heavy atom. The molecule has 0 bridgehead atoms. The van der Waals surface area contributed by atoms with Crippen molar-refractivity contribution in [1.82, 2.24) is 19.9 Å². The summed E-state index contributed by atoms with van der Waals surface area (Å²) in [5, 5.41) is 18.0. The predicted molar refractivity (Wildman–Crippen MR) is 107 cm³/mol. The van der Waals surface area contributed by atoms with E-state index in [0.29, 0.717) is 12.5 Å². The van der Waals surface area contributed by atoms with Gasteiger partial charge < -0.3 is 10.0 Å². The van der Waals surface area contributed by atoms with Gasteiger partial charge in [0.25, 0.3) is 0 Å². The molecule has 0 saturated carbocycles. The number of aliphatic hydroxyl groups excluding tert-OH is 1. The number of aromatic nitrogens is 3. The van der Waals surface area contributed by atoms with Gasteiger partial charge in [0.1, 0.15) is 0 Å². The van der Waals surface area contributed by atoms with E-state index in [-0.39, 0.29) is 6.10 Å². The minimum Gasteiger partial charge on any atom is -0.393 e. The van der Waals surface area contributed by atoms with Crippen LogP contribution in [0.25, 0.3) is 0 Å². The Morgan fingerprint density at radius 2 is 1.78 bits per heavy atom. The fourth-order valence-electron chi connectivity index (χ4n) is 4.28. The molecule has 6 nitrogen and oxygen atoms in total. The molecule has 1 N–H and O–H groups in total. The van der Waals surface area contributed by atoms with Gasteiger partial charge in [-0.1, -0.05) is 17.3 Å². The summed E-state index contributed by atoms with van der Waals surface area (Å²) in [4.78, 5) is 5.02. The number of rotatable bonds is 6. The van der Waals surface area contributed by atoms with E-state index in [4.69, 9.17) is 0 Å². The topological polar surface area (TPSA) is 57.4 Å². The number of nitrogens with zero attached hydrogens (tertiary/aromatic N) is 5. The largest absolute Gasteiger partial charge is 0.393 e. The Bertz CT molecular complexity index is 712. The molecule has 0 aliphatic carbocycles. The molecule has 2 aliphatic rings. The van der Waals surface area contributed by atoms with Gasteiger partial charge in [0.05, 0.1) is 17.8 Å². The molecule has 146 valence electrons. The maximum absolute atomic E-state index is 9.49. The number of aliphatic hydroxyl groups is 1. The van der Waals surface area contributed by atoms with Gasteiger partial charge in [-0.15, -0.1) is 5.10 Å². The Kier molecular flexibility index (Phi) is 5.74. The third-order valence-corrected chi connectivity index (χ3v) is 5.81. The van der Waals surface area contributed by atoms with Crippen molar-refractivity contribution in [1.29, 1.82) is 0 Å². The summed E-state index contributed by atoms with van der Waals surface area (Å²) < 4.78 is 2.00. The summed E-state index contributed by atoms with van der Waals surface area (Å²) in [6, 6.07) is 9.58. The normalized spacial score (nSPS) is 20.3. The molecule has 2 saturated heterocycles. The number of piperidine rings is 1. The molecule has 1 atom stereocenters. The summed E-state index contributed by atoms with van der Waals surface area (Å²) in [6.45, 7) is 7.39. The summed E-state index contributed by atoms with van der Waals surface area (Å²) in [7, 11) is 0. The maximum Gasteiger partial charge on any atom is 0.0852 e. The van der Waals surface area contributed by atoms with E-state index in [1.165, 1.54) is 37.2 Å². The number of anilines is 1. The zero-order valence-electron chi connectivity index (χ0n) is 16.3. The highest BCUT2D eigenvalue weighted by molar-refractivity contribution is 5.48. The van der Waals surface area contributed by atoms with Gasteiger partial charge in [-0.3, -0.25) is 4.90 Å². The maximum atomic E-state index is 9.49. The third-order valence-electron chi connectivity index (χ3n) is 5.81. The highest BCUT2D eigenvalue weighted by Crippen LogP contribution is 2.24. The highest BCUT2D eigenvalue weighted by Gasteiger charge is 2.22. The van der Waals surface area contributed by atoms with Crippen molar-refractivity contribution < 1.29 is 5.11 Å². The van der Waals surface area contributed by atoms with Crippen LogP contribution in [-0.4, -0.2) is 57.3 Å². The van der Waals surface area contributed by atoms with Gasteiger partial charge in [-0.25, -0.2) is 4.68 Å². The summed E-state index contributed by atoms with van der Waals surface area (Å²) >= 11 is 0. The lowest BCUT2D eigenvalue weighted by Gasteiger charge is -2.31. The van der Waals surface area contributed by atoms with E-state index in [1.807, 2.05) is 10.9 Å². The van der Waals surface area contributed by atoms with E-state index in [9.17, 15) is 5.11 Å². The summed E-state index contributed by atoms with van der Waals surface area (Å²) in [6.07, 6.45) is 7.06. The Balaban J connectivity index is 1.27. The van der Waals surface area contributed by atoms with Gasteiger partial charge >= 0.3 is 0 Å². The van der Waals surface area contributed by atoms with Crippen molar-refractivity contribution in [3.05, 3.63) is 41.7 Å². The number of hydrogen-bond donors (Lipinski definition) is 1. The van der Waals surface area contributed by atoms with Crippen LogP contribution in [-0.2, 0) is 13.0 Å². The van der Waals surface area contributed by atoms with Crippen molar-refractivity contribution in [3.8, 4) is 0 Å². The van der Waals surface area contributed by atoms with Gasteiger partial charge in [0.2, 0.25) is 0 Å². The number of hydrogen-bond acceptors (Lipinski definition) is 5. The minimum absolute atomic E-state index is 0.367. The van der Waals surface area contributed by atoms with Crippen LogP contribution in [0.2, 0.25) is 0 Å². The molecule has 1 aromatic heterocycles. The molecule has 27 heavy (non-hydrogen) atoms. The average molecular weight is 370 g/mol. The van der Waals surface area contributed by atoms with Crippen LogP contribution >= 0.6 is 0 Å². The molecule has 2 aromatic rings. The molecular weight excluding hydrogens is 338 g/mol. The highest BCUT2D eigenvalue weighted by atomic mass is 16.3. The van der Waals surface area contributed by atoms with Crippen LogP contribution in [0.15, 0.2) is 30.5 Å². The standard InChI is InChI=1S/C21H31N5O/c1-17(27)14-19-16-26(23-22-19)21-8-12-24(13-9-21)15-18-4-6-20(7-5-18)25-10-2-3-11-25/h4-7,16-17,21,27H,2-3,8-15H2,1H3/t17-/m1/s1. The summed E-state index contributed by atoms with van der Waals surface area (Å²) in [5.41, 5.74) is 3.65. The Morgan fingerprint density at radius 3 is 2.44 bits per heavy atom. The quantitative estimate of drug-likeness (QED) is 0.848. The minimum atomic E-state index is -0.367. The SMILES string of the molecule is C[C@@H](O)Cc1cn(C2CCN(Cc3ccc(N4CCCC4)cc3)CC2)nn1. The first kappa shape index (κ1) is 18.4. The third kappa shape index (κ3) is 4.68. The van der Waals surface area contributed by atoms with Crippen LogP contribution in [0.3, 0.4) is 0 Å². The van der Waals surface area contributed by atoms with Crippen molar-refractivity contribution in [2.45, 2.75) is 57.7 Å². The second-order valence-electron chi connectivity index (χ2n) is 8.11. The average Bonchev–Trinajstić information content (AvgIpc) is 3.35. The monoisotopic (exact) mass is 369 g/mol. The first-order chi connectivity index (χ1) is 13.2. The zero-order valence-corrected chi connectivity index (χ0v) is 16.3. The van der Waals surface area contributed by atoms with Crippen LogP contribution in [0.4, 0.5) is 5.69 Å². The fourth-order valence-corrected chi connectivity index (χ4v) is 4.28. The Hall–Kier alpha value is -1.92. The lowest BCUT2D eigenvalue weighted by molar-refractivity contribution is 0.172. The molecule has 6 heteroatoms. The predicted octanol–water partition coefficient (Wildman–Crippen LogP) is 2.64. The first-order valence-corrected chi connectivity index (χ1v) is 10.3. The molecule has 4 rings (SSSR count). The van der Waals surface area contributed by atoms with Gasteiger partial charge in [0, 0.05) is 51.0 Å². The number of benzene rings is 1. The van der Waals surface area contributed by atoms with Crippen molar-refractivity contribution in [3.63, 3.8) is 0 Å². The molecule has 0 amide bonds. The molecular formula is C21H31N5O. The molecule has 2 fully saturated rings. The number of likely N-dealkylation sites (tertiary alicyclic amines) is 1. The van der Waals surface area contributed by atoms with E-state index in [2.05, 4.69) is 44.4 Å². The van der Waals surface area contributed by atoms with Crippen LogP contribution < -0.4 is 4.90 Å². The molecule has 0 spiro atoms. The lowest BCUT2D eigenvalue weighted by atomic mass is 10.0. The first-order valence-electron chi connectivity index (χ1n) is 10.3. The molecule has 0 radical (unpaired) electrons. The van der Waals surface area contributed by atoms with Gasteiger partial charge in [-0.05, 0) is 50.3 Å².